The van der Waals surface area contributed by atoms with Crippen LogP contribution in [0, 0.1) is 0 Å². The topological polar surface area (TPSA) is 55.6 Å². The zero-order chi connectivity index (χ0) is 14.8. The number of imidazole rings is 1. The lowest BCUT2D eigenvalue weighted by molar-refractivity contribution is 0.813. The molecule has 0 saturated heterocycles. The Balaban J connectivity index is 2.03. The molecule has 21 heavy (non-hydrogen) atoms. The van der Waals surface area contributed by atoms with E-state index in [2.05, 4.69) is 20.3 Å². The molecule has 108 valence electrons. The van der Waals surface area contributed by atoms with Gasteiger partial charge >= 0.3 is 0 Å². The molecule has 0 aliphatic heterocycles. The number of benzene rings is 1. The Morgan fingerprint density at radius 3 is 2.86 bits per heavy atom. The minimum Gasteiger partial charge on any atom is -0.368 e. The Morgan fingerprint density at radius 1 is 1.24 bits per heavy atom. The maximum absolute atomic E-state index is 6.01. The van der Waals surface area contributed by atoms with Crippen molar-refractivity contribution in [3.63, 3.8) is 0 Å². The lowest BCUT2D eigenvalue weighted by atomic mass is 10.2. The third kappa shape index (κ3) is 2.94. The van der Waals surface area contributed by atoms with E-state index in [1.165, 1.54) is 0 Å². The molecule has 0 amide bonds. The maximum atomic E-state index is 6.01. The van der Waals surface area contributed by atoms with Crippen molar-refractivity contribution in [2.45, 2.75) is 13.5 Å². The van der Waals surface area contributed by atoms with Crippen LogP contribution in [0.1, 0.15) is 12.5 Å². The number of aromatic nitrogens is 4. The fraction of sp³-hybridized carbons (Fsp3) is 0.214. The summed E-state index contributed by atoms with van der Waals surface area (Å²) >= 11 is 12.0. The number of halogens is 2. The van der Waals surface area contributed by atoms with Crippen LogP contribution in [0.15, 0.2) is 30.6 Å². The van der Waals surface area contributed by atoms with E-state index in [1.54, 1.807) is 6.33 Å². The monoisotopic (exact) mass is 321 g/mol. The summed E-state index contributed by atoms with van der Waals surface area (Å²) in [6.45, 7) is 3.35. The average Bonchev–Trinajstić information content (AvgIpc) is 2.82. The zero-order valence-corrected chi connectivity index (χ0v) is 12.9. The predicted octanol–water partition coefficient (Wildman–Crippen LogP) is 3.61. The van der Waals surface area contributed by atoms with Crippen molar-refractivity contribution >= 4 is 40.2 Å². The van der Waals surface area contributed by atoms with Gasteiger partial charge in [0.15, 0.2) is 17.0 Å². The van der Waals surface area contributed by atoms with Gasteiger partial charge in [-0.25, -0.2) is 4.98 Å². The van der Waals surface area contributed by atoms with Crippen LogP contribution in [-0.4, -0.2) is 26.1 Å². The Labute approximate surface area is 131 Å². The van der Waals surface area contributed by atoms with Crippen molar-refractivity contribution in [3.8, 4) is 0 Å². The van der Waals surface area contributed by atoms with Crippen molar-refractivity contribution in [1.82, 2.24) is 19.5 Å². The van der Waals surface area contributed by atoms with Crippen LogP contribution in [0.3, 0.4) is 0 Å². The molecule has 2 heterocycles. The van der Waals surface area contributed by atoms with E-state index < -0.39 is 0 Å². The zero-order valence-electron chi connectivity index (χ0n) is 11.3. The fourth-order valence-corrected chi connectivity index (χ4v) is 2.53. The molecule has 1 aromatic carbocycles. The third-order valence-electron chi connectivity index (χ3n) is 3.02. The van der Waals surface area contributed by atoms with Crippen LogP contribution >= 0.6 is 23.2 Å². The van der Waals surface area contributed by atoms with Crippen LogP contribution in [0.2, 0.25) is 10.3 Å². The molecular formula is C14H13Cl2N5. The van der Waals surface area contributed by atoms with Crippen molar-refractivity contribution in [2.24, 2.45) is 0 Å². The molecule has 0 saturated carbocycles. The summed E-state index contributed by atoms with van der Waals surface area (Å²) in [5, 5.41) is 4.05. The molecule has 0 radical (unpaired) electrons. The van der Waals surface area contributed by atoms with Gasteiger partial charge in [0.25, 0.3) is 0 Å². The lowest BCUT2D eigenvalue weighted by Gasteiger charge is -2.06. The molecule has 0 unspecified atom stereocenters. The molecular weight excluding hydrogens is 309 g/mol. The molecule has 3 rings (SSSR count). The lowest BCUT2D eigenvalue weighted by Crippen LogP contribution is -2.04. The van der Waals surface area contributed by atoms with E-state index in [4.69, 9.17) is 23.2 Å². The van der Waals surface area contributed by atoms with Gasteiger partial charge in [-0.05, 0) is 36.2 Å². The van der Waals surface area contributed by atoms with E-state index in [1.807, 2.05) is 35.8 Å². The molecule has 3 aromatic rings. The predicted molar refractivity (Wildman–Crippen MR) is 85.1 cm³/mol. The summed E-state index contributed by atoms with van der Waals surface area (Å²) in [6.07, 6.45) is 1.73. The largest absolute Gasteiger partial charge is 0.368 e. The van der Waals surface area contributed by atoms with Gasteiger partial charge in [-0.15, -0.1) is 0 Å². The normalized spacial score (nSPS) is 11.0. The van der Waals surface area contributed by atoms with Gasteiger partial charge in [0.1, 0.15) is 0 Å². The minimum absolute atomic E-state index is 0.200. The Kier molecular flexibility index (Phi) is 3.94. The van der Waals surface area contributed by atoms with Crippen molar-refractivity contribution in [3.05, 3.63) is 46.5 Å². The van der Waals surface area contributed by atoms with Crippen LogP contribution in [0.5, 0.6) is 0 Å². The third-order valence-corrected chi connectivity index (χ3v) is 3.43. The summed E-state index contributed by atoms with van der Waals surface area (Å²) in [6, 6.07) is 7.69. The SMILES string of the molecule is CCNc1nc(Cl)nc2c1ncn2Cc1cccc(Cl)c1. The Morgan fingerprint density at radius 2 is 2.10 bits per heavy atom. The van der Waals surface area contributed by atoms with E-state index in [0.29, 0.717) is 28.5 Å². The summed E-state index contributed by atoms with van der Waals surface area (Å²) < 4.78 is 1.93. The summed E-state index contributed by atoms with van der Waals surface area (Å²) in [5.74, 6) is 0.650. The first-order valence-corrected chi connectivity index (χ1v) is 7.29. The van der Waals surface area contributed by atoms with Gasteiger partial charge in [-0.1, -0.05) is 23.7 Å². The number of fused-ring (bicyclic) bond motifs is 1. The number of hydrogen-bond acceptors (Lipinski definition) is 4. The Hall–Kier alpha value is -1.85. The summed E-state index contributed by atoms with van der Waals surface area (Å²) in [5.41, 5.74) is 2.48. The van der Waals surface area contributed by atoms with Crippen molar-refractivity contribution in [1.29, 1.82) is 0 Å². The molecule has 0 bridgehead atoms. The number of anilines is 1. The quantitative estimate of drug-likeness (QED) is 0.746. The molecule has 0 spiro atoms. The maximum Gasteiger partial charge on any atom is 0.226 e. The second kappa shape index (κ2) is 5.87. The number of hydrogen-bond donors (Lipinski definition) is 1. The highest BCUT2D eigenvalue weighted by molar-refractivity contribution is 6.30. The minimum atomic E-state index is 0.200. The van der Waals surface area contributed by atoms with Crippen molar-refractivity contribution < 1.29 is 0 Å². The molecule has 0 aliphatic rings. The Bertz CT molecular complexity index is 784. The smallest absolute Gasteiger partial charge is 0.226 e. The number of rotatable bonds is 4. The number of nitrogens with one attached hydrogen (secondary N) is 1. The van der Waals surface area contributed by atoms with Crippen LogP contribution in [0.25, 0.3) is 11.2 Å². The van der Waals surface area contributed by atoms with Gasteiger partial charge in [0, 0.05) is 11.6 Å². The molecule has 0 fully saturated rings. The summed E-state index contributed by atoms with van der Waals surface area (Å²) in [7, 11) is 0. The van der Waals surface area contributed by atoms with Crippen LogP contribution in [-0.2, 0) is 6.54 Å². The fourth-order valence-electron chi connectivity index (χ4n) is 2.16. The first-order valence-electron chi connectivity index (χ1n) is 6.54. The van der Waals surface area contributed by atoms with Crippen LogP contribution in [0.4, 0.5) is 5.82 Å². The second-order valence-electron chi connectivity index (χ2n) is 4.55. The van der Waals surface area contributed by atoms with E-state index >= 15 is 0 Å². The van der Waals surface area contributed by atoms with E-state index in [9.17, 15) is 0 Å². The van der Waals surface area contributed by atoms with Crippen LogP contribution < -0.4 is 5.32 Å². The highest BCUT2D eigenvalue weighted by Crippen LogP contribution is 2.22. The molecule has 7 heteroatoms. The van der Waals surface area contributed by atoms with Gasteiger partial charge in [0.05, 0.1) is 12.9 Å². The summed E-state index contributed by atoms with van der Waals surface area (Å²) in [4.78, 5) is 12.8. The van der Waals surface area contributed by atoms with Gasteiger partial charge in [0.2, 0.25) is 5.28 Å². The number of nitrogens with zero attached hydrogens (tertiary/aromatic N) is 4. The molecule has 0 aliphatic carbocycles. The first-order chi connectivity index (χ1) is 10.2. The second-order valence-corrected chi connectivity index (χ2v) is 5.32. The van der Waals surface area contributed by atoms with Gasteiger partial charge < -0.3 is 9.88 Å². The molecule has 5 nitrogen and oxygen atoms in total. The first kappa shape index (κ1) is 14.1. The molecule has 1 N–H and O–H groups in total. The van der Waals surface area contributed by atoms with Crippen molar-refractivity contribution in [2.75, 3.05) is 11.9 Å². The standard InChI is InChI=1S/C14H13Cl2N5/c1-2-17-12-11-13(20-14(16)19-12)21(8-18-11)7-9-4-3-5-10(15)6-9/h3-6,8H,2,7H2,1H3,(H,17,19,20). The van der Waals surface area contributed by atoms with E-state index in [-0.39, 0.29) is 5.28 Å². The van der Waals surface area contributed by atoms with Gasteiger partial charge in [-0.3, -0.25) is 0 Å². The highest BCUT2D eigenvalue weighted by atomic mass is 35.5. The van der Waals surface area contributed by atoms with E-state index in [0.717, 1.165) is 12.1 Å². The molecule has 2 aromatic heterocycles. The average molecular weight is 322 g/mol. The van der Waals surface area contributed by atoms with Gasteiger partial charge in [-0.2, -0.15) is 9.97 Å². The highest BCUT2D eigenvalue weighted by Gasteiger charge is 2.12. The molecule has 0 atom stereocenters.